The molecular formula is C13H20N4O. The van der Waals surface area contributed by atoms with Crippen LogP contribution in [0.1, 0.15) is 48.4 Å². The van der Waals surface area contributed by atoms with Crippen molar-refractivity contribution in [3.05, 3.63) is 17.0 Å². The van der Waals surface area contributed by atoms with E-state index in [1.807, 2.05) is 4.90 Å². The molecule has 0 saturated carbocycles. The van der Waals surface area contributed by atoms with Crippen molar-refractivity contribution >= 4 is 5.91 Å². The van der Waals surface area contributed by atoms with Crippen LogP contribution in [0.2, 0.25) is 0 Å². The summed E-state index contributed by atoms with van der Waals surface area (Å²) in [5, 5.41) is 10.6. The maximum Gasteiger partial charge on any atom is 0.275 e. The molecule has 2 unspecified atom stereocenters. The molecule has 2 N–H and O–H groups in total. The van der Waals surface area contributed by atoms with Gasteiger partial charge in [0.05, 0.1) is 0 Å². The van der Waals surface area contributed by atoms with E-state index in [0.717, 1.165) is 43.6 Å². The fourth-order valence-corrected chi connectivity index (χ4v) is 3.12. The lowest BCUT2D eigenvalue weighted by Gasteiger charge is -2.26. The quantitative estimate of drug-likeness (QED) is 0.781. The summed E-state index contributed by atoms with van der Waals surface area (Å²) in [6.45, 7) is 5.96. The summed E-state index contributed by atoms with van der Waals surface area (Å²) in [6.07, 6.45) is 3.12. The number of aromatic amines is 1. The smallest absolute Gasteiger partial charge is 0.275 e. The predicted octanol–water partition coefficient (Wildman–Crippen LogP) is 1.07. The molecular weight excluding hydrogens is 228 g/mol. The van der Waals surface area contributed by atoms with Gasteiger partial charge >= 0.3 is 0 Å². The van der Waals surface area contributed by atoms with Gasteiger partial charge in [-0.15, -0.1) is 0 Å². The summed E-state index contributed by atoms with van der Waals surface area (Å²) < 4.78 is 0. The molecule has 1 saturated heterocycles. The summed E-state index contributed by atoms with van der Waals surface area (Å²) in [5.41, 5.74) is 2.81. The second-order valence-electron chi connectivity index (χ2n) is 5.44. The van der Waals surface area contributed by atoms with E-state index in [-0.39, 0.29) is 5.91 Å². The van der Waals surface area contributed by atoms with Crippen molar-refractivity contribution < 1.29 is 4.79 Å². The van der Waals surface area contributed by atoms with Crippen LogP contribution in [0.5, 0.6) is 0 Å². The van der Waals surface area contributed by atoms with Gasteiger partial charge in [-0.05, 0) is 26.7 Å². The Labute approximate surface area is 107 Å². The predicted molar refractivity (Wildman–Crippen MR) is 68.3 cm³/mol. The van der Waals surface area contributed by atoms with E-state index < -0.39 is 0 Å². The van der Waals surface area contributed by atoms with Crippen LogP contribution in [-0.4, -0.2) is 39.6 Å². The van der Waals surface area contributed by atoms with E-state index in [1.165, 1.54) is 0 Å². The molecule has 0 aliphatic carbocycles. The maximum atomic E-state index is 12.6. The average molecular weight is 248 g/mol. The zero-order valence-electron chi connectivity index (χ0n) is 11.0. The highest BCUT2D eigenvalue weighted by Gasteiger charge is 2.34. The van der Waals surface area contributed by atoms with Crippen molar-refractivity contribution in [2.45, 2.75) is 51.7 Å². The molecule has 2 aliphatic heterocycles. The molecule has 3 rings (SSSR count). The highest BCUT2D eigenvalue weighted by molar-refractivity contribution is 5.94. The summed E-state index contributed by atoms with van der Waals surface area (Å²) >= 11 is 0. The van der Waals surface area contributed by atoms with Crippen LogP contribution in [0.15, 0.2) is 0 Å². The molecule has 3 heterocycles. The lowest BCUT2D eigenvalue weighted by molar-refractivity contribution is 0.0685. The van der Waals surface area contributed by atoms with Gasteiger partial charge in [-0.2, -0.15) is 5.10 Å². The van der Waals surface area contributed by atoms with Crippen LogP contribution in [0.25, 0.3) is 0 Å². The van der Waals surface area contributed by atoms with Crippen molar-refractivity contribution in [3.8, 4) is 0 Å². The summed E-state index contributed by atoms with van der Waals surface area (Å²) in [6, 6.07) is 0.660. The third-order valence-electron chi connectivity index (χ3n) is 4.20. The molecule has 1 aromatic rings. The van der Waals surface area contributed by atoms with Crippen LogP contribution in [0, 0.1) is 0 Å². The number of nitrogens with zero attached hydrogens (tertiary/aromatic N) is 2. The summed E-state index contributed by atoms with van der Waals surface area (Å²) in [5.74, 6) is 0.0914. The van der Waals surface area contributed by atoms with Crippen molar-refractivity contribution in [1.29, 1.82) is 0 Å². The van der Waals surface area contributed by atoms with E-state index in [9.17, 15) is 4.79 Å². The molecule has 1 fully saturated rings. The van der Waals surface area contributed by atoms with Gasteiger partial charge in [-0.1, -0.05) is 0 Å². The first kappa shape index (κ1) is 11.7. The van der Waals surface area contributed by atoms with Crippen molar-refractivity contribution in [3.63, 3.8) is 0 Å². The number of fused-ring (bicyclic) bond motifs is 1. The number of nitrogens with one attached hydrogen (secondary N) is 2. The Kier molecular flexibility index (Phi) is 2.86. The lowest BCUT2D eigenvalue weighted by Crippen LogP contribution is -2.39. The fourth-order valence-electron chi connectivity index (χ4n) is 3.12. The first-order valence-corrected chi connectivity index (χ1v) is 6.78. The standard InChI is InChI=1S/C13H20N4O/c1-8-3-4-9(2)17(8)13(18)12-10-7-14-6-5-11(10)15-16-12/h8-9,14H,3-7H2,1-2H3,(H,15,16). The van der Waals surface area contributed by atoms with E-state index in [2.05, 4.69) is 29.4 Å². The highest BCUT2D eigenvalue weighted by Crippen LogP contribution is 2.27. The van der Waals surface area contributed by atoms with Crippen LogP contribution in [0.3, 0.4) is 0 Å². The number of hydrogen-bond donors (Lipinski definition) is 2. The maximum absolute atomic E-state index is 12.6. The number of likely N-dealkylation sites (tertiary alicyclic amines) is 1. The van der Waals surface area contributed by atoms with E-state index in [0.29, 0.717) is 17.8 Å². The molecule has 1 amide bonds. The Balaban J connectivity index is 1.90. The van der Waals surface area contributed by atoms with Crippen LogP contribution in [-0.2, 0) is 13.0 Å². The monoisotopic (exact) mass is 248 g/mol. The Morgan fingerprint density at radius 3 is 2.78 bits per heavy atom. The third kappa shape index (κ3) is 1.73. The number of aromatic nitrogens is 2. The van der Waals surface area contributed by atoms with Gasteiger partial charge in [0.2, 0.25) is 0 Å². The fraction of sp³-hybridized carbons (Fsp3) is 0.692. The molecule has 5 nitrogen and oxygen atoms in total. The minimum absolute atomic E-state index is 0.0914. The number of carbonyl (C=O) groups is 1. The van der Waals surface area contributed by atoms with Gasteiger partial charge in [-0.25, -0.2) is 0 Å². The van der Waals surface area contributed by atoms with Crippen molar-refractivity contribution in [1.82, 2.24) is 20.4 Å². The molecule has 98 valence electrons. The second-order valence-corrected chi connectivity index (χ2v) is 5.44. The Morgan fingerprint density at radius 1 is 1.33 bits per heavy atom. The molecule has 0 spiro atoms. The van der Waals surface area contributed by atoms with Gasteiger partial charge < -0.3 is 10.2 Å². The number of rotatable bonds is 1. The Morgan fingerprint density at radius 2 is 2.06 bits per heavy atom. The molecule has 18 heavy (non-hydrogen) atoms. The van der Waals surface area contributed by atoms with Crippen LogP contribution < -0.4 is 5.32 Å². The van der Waals surface area contributed by atoms with E-state index in [1.54, 1.807) is 0 Å². The first-order chi connectivity index (χ1) is 8.68. The molecule has 1 aromatic heterocycles. The zero-order valence-corrected chi connectivity index (χ0v) is 11.0. The Bertz CT molecular complexity index is 458. The van der Waals surface area contributed by atoms with E-state index in [4.69, 9.17) is 0 Å². The summed E-state index contributed by atoms with van der Waals surface area (Å²) in [7, 11) is 0. The molecule has 0 aromatic carbocycles. The third-order valence-corrected chi connectivity index (χ3v) is 4.20. The second kappa shape index (κ2) is 4.39. The number of hydrogen-bond acceptors (Lipinski definition) is 3. The molecule has 0 radical (unpaired) electrons. The SMILES string of the molecule is CC1CCC(C)N1C(=O)c1n[nH]c2c1CNCC2. The van der Waals surface area contributed by atoms with Gasteiger partial charge in [0.25, 0.3) is 5.91 Å². The van der Waals surface area contributed by atoms with Crippen molar-refractivity contribution in [2.75, 3.05) is 6.54 Å². The molecule has 5 heteroatoms. The van der Waals surface area contributed by atoms with E-state index >= 15 is 0 Å². The normalized spacial score (nSPS) is 27.3. The van der Waals surface area contributed by atoms with Crippen LogP contribution >= 0.6 is 0 Å². The number of carbonyl (C=O) groups excluding carboxylic acids is 1. The number of H-pyrrole nitrogens is 1. The molecule has 2 aliphatic rings. The Hall–Kier alpha value is -1.36. The van der Waals surface area contributed by atoms with Crippen molar-refractivity contribution in [2.24, 2.45) is 0 Å². The first-order valence-electron chi connectivity index (χ1n) is 6.78. The highest BCUT2D eigenvalue weighted by atomic mass is 16.2. The molecule has 2 atom stereocenters. The largest absolute Gasteiger partial charge is 0.332 e. The zero-order chi connectivity index (χ0) is 12.7. The van der Waals surface area contributed by atoms with Gasteiger partial charge in [0, 0.05) is 42.9 Å². The molecule has 0 bridgehead atoms. The topological polar surface area (TPSA) is 61.0 Å². The summed E-state index contributed by atoms with van der Waals surface area (Å²) in [4.78, 5) is 14.6. The van der Waals surface area contributed by atoms with Gasteiger partial charge in [0.15, 0.2) is 5.69 Å². The average Bonchev–Trinajstić information content (AvgIpc) is 2.93. The minimum Gasteiger partial charge on any atom is -0.332 e. The van der Waals surface area contributed by atoms with Gasteiger partial charge in [-0.3, -0.25) is 9.89 Å². The lowest BCUT2D eigenvalue weighted by atomic mass is 10.1. The van der Waals surface area contributed by atoms with Crippen LogP contribution in [0.4, 0.5) is 0 Å². The number of amides is 1. The minimum atomic E-state index is 0.0914. The van der Waals surface area contributed by atoms with Gasteiger partial charge in [0.1, 0.15) is 0 Å².